The number of aromatic amines is 1. The van der Waals surface area contributed by atoms with Gasteiger partial charge in [-0.05, 0) is 29.9 Å². The fraction of sp³-hybridized carbons (Fsp3) is 0.312. The summed E-state index contributed by atoms with van der Waals surface area (Å²) in [5.41, 5.74) is 1.15. The number of hydrogen-bond acceptors (Lipinski definition) is 3. The zero-order valence-electron chi connectivity index (χ0n) is 11.9. The highest BCUT2D eigenvalue weighted by molar-refractivity contribution is 7.99. The van der Waals surface area contributed by atoms with Gasteiger partial charge in [0.25, 0.3) is 5.91 Å². The second kappa shape index (κ2) is 6.14. The van der Waals surface area contributed by atoms with Crippen molar-refractivity contribution in [2.75, 3.05) is 18.1 Å². The number of H-pyrrole nitrogens is 1. The molecule has 1 saturated heterocycles. The van der Waals surface area contributed by atoms with Gasteiger partial charge in [-0.1, -0.05) is 12.1 Å². The van der Waals surface area contributed by atoms with E-state index >= 15 is 0 Å². The molecule has 0 radical (unpaired) electrons. The number of aliphatic hydroxyl groups is 1. The Balaban J connectivity index is 1.73. The van der Waals surface area contributed by atoms with Crippen molar-refractivity contribution in [1.29, 1.82) is 0 Å². The van der Waals surface area contributed by atoms with Crippen LogP contribution in [0.2, 0.25) is 0 Å². The highest BCUT2D eigenvalue weighted by atomic mass is 32.2. The molecule has 1 unspecified atom stereocenters. The maximum Gasteiger partial charge on any atom is 0.253 e. The molecular formula is C16H17FN2O2S. The summed E-state index contributed by atoms with van der Waals surface area (Å²) in [4.78, 5) is 15.3. The molecule has 1 aromatic carbocycles. The van der Waals surface area contributed by atoms with Gasteiger partial charge in [-0.25, -0.2) is 4.39 Å². The number of nitrogens with one attached hydrogen (secondary N) is 2. The molecule has 22 heavy (non-hydrogen) atoms. The molecule has 2 aromatic rings. The Morgan fingerprint density at radius 2 is 2.14 bits per heavy atom. The normalized spacial score (nSPS) is 21.0. The summed E-state index contributed by atoms with van der Waals surface area (Å²) in [6.07, 6.45) is 4.01. The highest BCUT2D eigenvalue weighted by Gasteiger charge is 2.32. The van der Waals surface area contributed by atoms with E-state index in [2.05, 4.69) is 10.3 Å². The van der Waals surface area contributed by atoms with Crippen LogP contribution >= 0.6 is 11.8 Å². The third-order valence-corrected chi connectivity index (χ3v) is 5.04. The van der Waals surface area contributed by atoms with Gasteiger partial charge >= 0.3 is 0 Å². The molecular weight excluding hydrogens is 303 g/mol. The molecule has 1 atom stereocenters. The largest absolute Gasteiger partial charge is 0.387 e. The van der Waals surface area contributed by atoms with E-state index < -0.39 is 5.60 Å². The number of rotatable bonds is 4. The predicted molar refractivity (Wildman–Crippen MR) is 85.4 cm³/mol. The fourth-order valence-corrected chi connectivity index (χ4v) is 3.79. The Kier molecular flexibility index (Phi) is 4.22. The number of amides is 1. The molecule has 0 spiro atoms. The number of carbonyl (C=O) groups excluding carboxylic acids is 1. The van der Waals surface area contributed by atoms with Crippen molar-refractivity contribution < 1.29 is 14.3 Å². The first-order valence-corrected chi connectivity index (χ1v) is 8.24. The minimum Gasteiger partial charge on any atom is -0.387 e. The van der Waals surface area contributed by atoms with Crippen molar-refractivity contribution in [3.8, 4) is 11.1 Å². The first-order chi connectivity index (χ1) is 10.6. The van der Waals surface area contributed by atoms with Crippen molar-refractivity contribution in [2.45, 2.75) is 12.0 Å². The topological polar surface area (TPSA) is 65.1 Å². The Hall–Kier alpha value is -1.79. The molecule has 6 heteroatoms. The third-order valence-electron chi connectivity index (χ3n) is 3.81. The zero-order valence-corrected chi connectivity index (χ0v) is 12.8. The summed E-state index contributed by atoms with van der Waals surface area (Å²) in [5.74, 6) is 1.000. The van der Waals surface area contributed by atoms with Crippen LogP contribution < -0.4 is 5.32 Å². The van der Waals surface area contributed by atoms with Crippen LogP contribution in [0.25, 0.3) is 11.1 Å². The standard InChI is InChI=1S/C16H17FN2O2S/c17-12-3-1-11(2-4-12)13-7-18-8-14(13)15(20)19-9-16(21)5-6-22-10-16/h1-4,7-8,18,21H,5-6,9-10H2,(H,19,20). The number of benzene rings is 1. The number of carbonyl (C=O) groups is 1. The summed E-state index contributed by atoms with van der Waals surface area (Å²) >= 11 is 1.69. The lowest BCUT2D eigenvalue weighted by Crippen LogP contribution is -2.42. The van der Waals surface area contributed by atoms with E-state index in [1.807, 2.05) is 0 Å². The van der Waals surface area contributed by atoms with E-state index in [9.17, 15) is 14.3 Å². The van der Waals surface area contributed by atoms with Gasteiger partial charge < -0.3 is 15.4 Å². The van der Waals surface area contributed by atoms with E-state index in [1.165, 1.54) is 12.1 Å². The Labute approximate surface area is 132 Å². The van der Waals surface area contributed by atoms with Crippen LogP contribution in [0.15, 0.2) is 36.7 Å². The summed E-state index contributed by atoms with van der Waals surface area (Å²) in [7, 11) is 0. The predicted octanol–water partition coefficient (Wildman–Crippen LogP) is 2.42. The molecule has 4 nitrogen and oxygen atoms in total. The monoisotopic (exact) mass is 320 g/mol. The molecule has 0 saturated carbocycles. The number of hydrogen-bond donors (Lipinski definition) is 3. The zero-order chi connectivity index (χ0) is 15.6. The van der Waals surface area contributed by atoms with Crippen LogP contribution in [-0.4, -0.2) is 39.6 Å². The summed E-state index contributed by atoms with van der Waals surface area (Å²) in [6.45, 7) is 0.243. The van der Waals surface area contributed by atoms with Crippen LogP contribution in [0.5, 0.6) is 0 Å². The Morgan fingerprint density at radius 3 is 2.82 bits per heavy atom. The molecule has 1 aromatic heterocycles. The smallest absolute Gasteiger partial charge is 0.253 e. The molecule has 3 N–H and O–H groups in total. The first-order valence-electron chi connectivity index (χ1n) is 7.08. The van der Waals surface area contributed by atoms with Gasteiger partial charge in [-0.15, -0.1) is 0 Å². The maximum atomic E-state index is 13.0. The van der Waals surface area contributed by atoms with Gasteiger partial charge in [0, 0.05) is 30.3 Å². The minimum absolute atomic E-state index is 0.243. The van der Waals surface area contributed by atoms with E-state index in [4.69, 9.17) is 0 Å². The van der Waals surface area contributed by atoms with Crippen LogP contribution in [0.3, 0.4) is 0 Å². The third kappa shape index (κ3) is 3.18. The van der Waals surface area contributed by atoms with Crippen LogP contribution in [-0.2, 0) is 0 Å². The molecule has 2 heterocycles. The molecule has 1 aliphatic rings. The second-order valence-electron chi connectivity index (χ2n) is 5.50. The van der Waals surface area contributed by atoms with Gasteiger partial charge in [0.15, 0.2) is 0 Å². The van der Waals surface area contributed by atoms with Gasteiger partial charge in [-0.2, -0.15) is 11.8 Å². The van der Waals surface area contributed by atoms with Crippen molar-refractivity contribution in [3.05, 3.63) is 48.0 Å². The lowest BCUT2D eigenvalue weighted by Gasteiger charge is -2.21. The first kappa shape index (κ1) is 15.1. The van der Waals surface area contributed by atoms with Crippen molar-refractivity contribution in [1.82, 2.24) is 10.3 Å². The number of halogens is 1. The van der Waals surface area contributed by atoms with Gasteiger partial charge in [-0.3, -0.25) is 4.79 Å². The Bertz CT molecular complexity index is 663. The molecule has 1 aliphatic heterocycles. The second-order valence-corrected chi connectivity index (χ2v) is 6.60. The lowest BCUT2D eigenvalue weighted by molar-refractivity contribution is 0.0613. The average Bonchev–Trinajstić information content (AvgIpc) is 3.15. The van der Waals surface area contributed by atoms with Crippen LogP contribution in [0.4, 0.5) is 4.39 Å². The minimum atomic E-state index is -0.813. The van der Waals surface area contributed by atoms with E-state index in [1.54, 1.807) is 36.3 Å². The van der Waals surface area contributed by atoms with Crippen LogP contribution in [0.1, 0.15) is 16.8 Å². The maximum absolute atomic E-state index is 13.0. The summed E-state index contributed by atoms with van der Waals surface area (Å²) in [6, 6.07) is 6.00. The number of thioether (sulfide) groups is 1. The van der Waals surface area contributed by atoms with Crippen molar-refractivity contribution in [3.63, 3.8) is 0 Å². The van der Waals surface area contributed by atoms with Gasteiger partial charge in [0.2, 0.25) is 0 Å². The van der Waals surface area contributed by atoms with Crippen molar-refractivity contribution in [2.24, 2.45) is 0 Å². The lowest BCUT2D eigenvalue weighted by atomic mass is 10.0. The van der Waals surface area contributed by atoms with E-state index in [0.717, 1.165) is 11.3 Å². The molecule has 116 valence electrons. The van der Waals surface area contributed by atoms with Gasteiger partial charge in [0.05, 0.1) is 11.2 Å². The highest BCUT2D eigenvalue weighted by Crippen LogP contribution is 2.28. The average molecular weight is 320 g/mol. The summed E-state index contributed by atoms with van der Waals surface area (Å²) in [5, 5.41) is 13.1. The number of aromatic nitrogens is 1. The van der Waals surface area contributed by atoms with Crippen molar-refractivity contribution >= 4 is 17.7 Å². The molecule has 0 aliphatic carbocycles. The fourth-order valence-electron chi connectivity index (χ4n) is 2.50. The summed E-state index contributed by atoms with van der Waals surface area (Å²) < 4.78 is 13.0. The van der Waals surface area contributed by atoms with E-state index in [0.29, 0.717) is 23.3 Å². The molecule has 1 amide bonds. The van der Waals surface area contributed by atoms with Gasteiger partial charge in [0.1, 0.15) is 5.82 Å². The molecule has 0 bridgehead atoms. The Morgan fingerprint density at radius 1 is 1.36 bits per heavy atom. The van der Waals surface area contributed by atoms with E-state index in [-0.39, 0.29) is 18.3 Å². The molecule has 3 rings (SSSR count). The quantitative estimate of drug-likeness (QED) is 0.810. The molecule has 1 fully saturated rings. The SMILES string of the molecule is O=C(NCC1(O)CCSC1)c1c[nH]cc1-c1ccc(F)cc1. The van der Waals surface area contributed by atoms with Crippen LogP contribution in [0, 0.1) is 5.82 Å².